The molecule has 6 nitrogen and oxygen atoms in total. The molecular weight excluding hydrogens is 244 g/mol. The molecule has 6 heteroatoms. The number of carbonyl (C=O) groups excluding carboxylic acids is 1. The van der Waals surface area contributed by atoms with Crippen LogP contribution in [0.5, 0.6) is 0 Å². The Morgan fingerprint density at radius 2 is 2.26 bits per heavy atom. The van der Waals surface area contributed by atoms with Crippen molar-refractivity contribution in [2.24, 2.45) is 0 Å². The minimum atomic E-state index is 0.0811. The molecule has 1 atom stereocenters. The van der Waals surface area contributed by atoms with Crippen molar-refractivity contribution < 1.29 is 9.53 Å². The molecule has 0 bridgehead atoms. The first-order valence-electron chi connectivity index (χ1n) is 6.97. The number of rotatable bonds is 2. The summed E-state index contributed by atoms with van der Waals surface area (Å²) in [5, 5.41) is 10.5. The lowest BCUT2D eigenvalue weighted by Gasteiger charge is -2.28. The molecule has 2 saturated heterocycles. The summed E-state index contributed by atoms with van der Waals surface area (Å²) in [5.74, 6) is 0.453. The van der Waals surface area contributed by atoms with E-state index in [1.807, 2.05) is 4.90 Å². The number of hydrogen-bond acceptors (Lipinski definition) is 4. The maximum absolute atomic E-state index is 12.5. The normalized spacial score (nSPS) is 24.4. The van der Waals surface area contributed by atoms with E-state index in [0.717, 1.165) is 37.2 Å². The first-order chi connectivity index (χ1) is 9.36. The van der Waals surface area contributed by atoms with Gasteiger partial charge in [-0.15, -0.1) is 0 Å². The third-order valence-corrected chi connectivity index (χ3v) is 3.90. The SMILES string of the molecule is O=C(c1cn[nH]c1C1CCCNC1)N1CCOCC1. The third kappa shape index (κ3) is 2.64. The summed E-state index contributed by atoms with van der Waals surface area (Å²) in [4.78, 5) is 14.4. The number of aromatic nitrogens is 2. The summed E-state index contributed by atoms with van der Waals surface area (Å²) < 4.78 is 5.29. The maximum Gasteiger partial charge on any atom is 0.257 e. The van der Waals surface area contributed by atoms with Crippen LogP contribution in [0.1, 0.15) is 34.8 Å². The van der Waals surface area contributed by atoms with Crippen LogP contribution in [0.2, 0.25) is 0 Å². The first-order valence-corrected chi connectivity index (χ1v) is 6.97. The Bertz CT molecular complexity index is 434. The largest absolute Gasteiger partial charge is 0.378 e. The molecule has 2 N–H and O–H groups in total. The number of carbonyl (C=O) groups is 1. The van der Waals surface area contributed by atoms with Crippen LogP contribution in [0.25, 0.3) is 0 Å². The van der Waals surface area contributed by atoms with Gasteiger partial charge in [-0.2, -0.15) is 5.10 Å². The van der Waals surface area contributed by atoms with Gasteiger partial charge >= 0.3 is 0 Å². The molecule has 2 fully saturated rings. The number of ether oxygens (including phenoxy) is 1. The molecule has 1 unspecified atom stereocenters. The Kier molecular flexibility index (Phi) is 3.79. The second-order valence-corrected chi connectivity index (χ2v) is 5.15. The number of amides is 1. The number of hydrogen-bond donors (Lipinski definition) is 2. The fourth-order valence-electron chi connectivity index (χ4n) is 2.81. The van der Waals surface area contributed by atoms with E-state index in [9.17, 15) is 4.79 Å². The van der Waals surface area contributed by atoms with Crippen molar-refractivity contribution in [2.75, 3.05) is 39.4 Å². The van der Waals surface area contributed by atoms with Gasteiger partial charge in [0.2, 0.25) is 0 Å². The second kappa shape index (κ2) is 5.71. The number of H-pyrrole nitrogens is 1. The Hall–Kier alpha value is -1.40. The Labute approximate surface area is 112 Å². The fraction of sp³-hybridized carbons (Fsp3) is 0.692. The van der Waals surface area contributed by atoms with Crippen molar-refractivity contribution >= 4 is 5.91 Å². The van der Waals surface area contributed by atoms with E-state index in [0.29, 0.717) is 32.2 Å². The quantitative estimate of drug-likeness (QED) is 0.808. The van der Waals surface area contributed by atoms with E-state index < -0.39 is 0 Å². The van der Waals surface area contributed by atoms with Crippen molar-refractivity contribution in [3.8, 4) is 0 Å². The molecule has 1 amide bonds. The number of piperidine rings is 1. The van der Waals surface area contributed by atoms with Gasteiger partial charge in [-0.25, -0.2) is 0 Å². The van der Waals surface area contributed by atoms with Crippen LogP contribution in [0.4, 0.5) is 0 Å². The van der Waals surface area contributed by atoms with Gasteiger partial charge in [0.15, 0.2) is 0 Å². The van der Waals surface area contributed by atoms with Crippen molar-refractivity contribution in [3.63, 3.8) is 0 Å². The minimum absolute atomic E-state index is 0.0811. The van der Waals surface area contributed by atoms with Crippen molar-refractivity contribution in [1.82, 2.24) is 20.4 Å². The summed E-state index contributed by atoms with van der Waals surface area (Å²) in [6.45, 7) is 4.59. The van der Waals surface area contributed by atoms with Crippen LogP contribution in [-0.4, -0.2) is 60.4 Å². The molecule has 104 valence electrons. The first kappa shape index (κ1) is 12.6. The molecule has 0 aromatic carbocycles. The summed E-state index contributed by atoms with van der Waals surface area (Å²) in [7, 11) is 0. The number of aromatic amines is 1. The van der Waals surface area contributed by atoms with Gasteiger partial charge < -0.3 is 15.0 Å². The second-order valence-electron chi connectivity index (χ2n) is 5.15. The molecule has 1 aromatic rings. The molecule has 0 radical (unpaired) electrons. The molecule has 19 heavy (non-hydrogen) atoms. The average molecular weight is 264 g/mol. The van der Waals surface area contributed by atoms with E-state index in [1.165, 1.54) is 0 Å². The van der Waals surface area contributed by atoms with Gasteiger partial charge in [0.05, 0.1) is 30.7 Å². The Balaban J connectivity index is 1.76. The lowest BCUT2D eigenvalue weighted by Crippen LogP contribution is -2.41. The summed E-state index contributed by atoms with van der Waals surface area (Å²) in [6.07, 6.45) is 3.93. The van der Waals surface area contributed by atoms with Crippen LogP contribution in [0.3, 0.4) is 0 Å². The molecule has 2 aliphatic rings. The summed E-state index contributed by atoms with van der Waals surface area (Å²) >= 11 is 0. The zero-order chi connectivity index (χ0) is 13.1. The highest BCUT2D eigenvalue weighted by molar-refractivity contribution is 5.95. The Morgan fingerprint density at radius 1 is 1.42 bits per heavy atom. The topological polar surface area (TPSA) is 70.2 Å². The molecule has 0 saturated carbocycles. The minimum Gasteiger partial charge on any atom is -0.378 e. The summed E-state index contributed by atoms with van der Waals surface area (Å²) in [5.41, 5.74) is 1.72. The van der Waals surface area contributed by atoms with Crippen LogP contribution in [-0.2, 0) is 4.74 Å². The number of nitrogens with one attached hydrogen (secondary N) is 2. The number of morpholine rings is 1. The van der Waals surface area contributed by atoms with Crippen molar-refractivity contribution in [1.29, 1.82) is 0 Å². The maximum atomic E-state index is 12.5. The molecule has 3 heterocycles. The van der Waals surface area contributed by atoms with Crippen molar-refractivity contribution in [3.05, 3.63) is 17.5 Å². The number of nitrogens with zero attached hydrogens (tertiary/aromatic N) is 2. The Morgan fingerprint density at radius 3 is 3.00 bits per heavy atom. The standard InChI is InChI=1S/C13H20N4O2/c18-13(17-4-6-19-7-5-17)11-9-15-16-12(11)10-2-1-3-14-8-10/h9-10,14H,1-8H2,(H,15,16). The predicted molar refractivity (Wildman–Crippen MR) is 70.2 cm³/mol. The monoisotopic (exact) mass is 264 g/mol. The van der Waals surface area contributed by atoms with E-state index in [-0.39, 0.29) is 5.91 Å². The predicted octanol–water partition coefficient (Wildman–Crippen LogP) is 0.349. The van der Waals surface area contributed by atoms with Crippen LogP contribution in [0, 0.1) is 0 Å². The van der Waals surface area contributed by atoms with E-state index in [2.05, 4.69) is 15.5 Å². The van der Waals surface area contributed by atoms with Gasteiger partial charge in [-0.3, -0.25) is 9.89 Å². The highest BCUT2D eigenvalue weighted by Gasteiger charge is 2.26. The third-order valence-electron chi connectivity index (χ3n) is 3.90. The van der Waals surface area contributed by atoms with E-state index in [4.69, 9.17) is 4.74 Å². The van der Waals surface area contributed by atoms with Gasteiger partial charge in [-0.1, -0.05) is 0 Å². The average Bonchev–Trinajstić information content (AvgIpc) is 2.98. The van der Waals surface area contributed by atoms with Gasteiger partial charge in [0.1, 0.15) is 0 Å². The smallest absolute Gasteiger partial charge is 0.257 e. The highest BCUT2D eigenvalue weighted by Crippen LogP contribution is 2.25. The molecule has 2 aliphatic heterocycles. The zero-order valence-electron chi connectivity index (χ0n) is 11.0. The van der Waals surface area contributed by atoms with Gasteiger partial charge in [-0.05, 0) is 19.4 Å². The highest BCUT2D eigenvalue weighted by atomic mass is 16.5. The van der Waals surface area contributed by atoms with Crippen molar-refractivity contribution in [2.45, 2.75) is 18.8 Å². The lowest BCUT2D eigenvalue weighted by atomic mass is 9.93. The van der Waals surface area contributed by atoms with Gasteiger partial charge in [0, 0.05) is 25.6 Å². The fourth-order valence-corrected chi connectivity index (χ4v) is 2.81. The zero-order valence-corrected chi connectivity index (χ0v) is 11.0. The van der Waals surface area contributed by atoms with Crippen LogP contribution >= 0.6 is 0 Å². The summed E-state index contributed by atoms with van der Waals surface area (Å²) in [6, 6.07) is 0. The van der Waals surface area contributed by atoms with E-state index >= 15 is 0 Å². The molecule has 1 aromatic heterocycles. The van der Waals surface area contributed by atoms with Gasteiger partial charge in [0.25, 0.3) is 5.91 Å². The molecule has 3 rings (SSSR count). The van der Waals surface area contributed by atoms with E-state index in [1.54, 1.807) is 6.20 Å². The molecule has 0 spiro atoms. The molecule has 0 aliphatic carbocycles. The molecular formula is C13H20N4O2. The van der Waals surface area contributed by atoms with Crippen LogP contribution < -0.4 is 5.32 Å². The van der Waals surface area contributed by atoms with Crippen LogP contribution in [0.15, 0.2) is 6.20 Å². The lowest BCUT2D eigenvalue weighted by molar-refractivity contribution is 0.0302.